The average Bonchev–Trinajstić information content (AvgIpc) is 2.79. The van der Waals surface area contributed by atoms with E-state index in [0.717, 1.165) is 16.3 Å². The van der Waals surface area contributed by atoms with Crippen molar-refractivity contribution in [2.75, 3.05) is 4.72 Å². The van der Waals surface area contributed by atoms with Crippen LogP contribution in [0.25, 0.3) is 10.8 Å². The van der Waals surface area contributed by atoms with Crippen LogP contribution in [0.3, 0.4) is 0 Å². The minimum atomic E-state index is -3.83. The third-order valence-electron chi connectivity index (χ3n) is 5.01. The van der Waals surface area contributed by atoms with Gasteiger partial charge in [0.2, 0.25) is 0 Å². The summed E-state index contributed by atoms with van der Waals surface area (Å²) in [4.78, 5) is 11.2. The topological polar surface area (TPSA) is 83.5 Å². The summed E-state index contributed by atoms with van der Waals surface area (Å²) in [6.45, 7) is 1.81. The smallest absolute Gasteiger partial charge is 0.335 e. The number of rotatable bonds is 4. The van der Waals surface area contributed by atoms with Gasteiger partial charge < -0.3 is 5.11 Å². The molecule has 0 bridgehead atoms. The molecule has 0 radical (unpaired) electrons. The molecule has 0 fully saturated rings. The van der Waals surface area contributed by atoms with E-state index in [1.54, 1.807) is 42.5 Å². The van der Waals surface area contributed by atoms with Gasteiger partial charge in [0.15, 0.2) is 0 Å². The minimum absolute atomic E-state index is 0.169. The first kappa shape index (κ1) is 21.2. The van der Waals surface area contributed by atoms with Gasteiger partial charge in [-0.2, -0.15) is 0 Å². The summed E-state index contributed by atoms with van der Waals surface area (Å²) in [6.07, 6.45) is 0. The van der Waals surface area contributed by atoms with Crippen molar-refractivity contribution in [2.45, 2.75) is 11.8 Å². The van der Waals surface area contributed by atoms with Crippen LogP contribution in [0.15, 0.2) is 89.8 Å². The normalized spacial score (nSPS) is 10.9. The van der Waals surface area contributed by atoms with Crippen LogP contribution < -0.4 is 4.72 Å². The summed E-state index contributed by atoms with van der Waals surface area (Å²) in [5.41, 5.74) is 2.48. The van der Waals surface area contributed by atoms with Gasteiger partial charge >= 0.3 is 5.97 Å². The molecule has 0 heterocycles. The molecule has 0 saturated heterocycles. The fourth-order valence-electron chi connectivity index (χ4n) is 3.27. The second-order valence-corrected chi connectivity index (χ2v) is 8.93. The Bertz CT molecular complexity index is 1490. The third kappa shape index (κ3) is 4.48. The van der Waals surface area contributed by atoms with E-state index < -0.39 is 16.0 Å². The first-order valence-corrected chi connectivity index (χ1v) is 11.3. The van der Waals surface area contributed by atoms with Crippen LogP contribution in [0.5, 0.6) is 0 Å². The number of sulfonamides is 1. The van der Waals surface area contributed by atoms with E-state index in [2.05, 4.69) is 16.6 Å². The molecule has 4 aromatic carbocycles. The molecular formula is C26H19NO4S. The predicted molar refractivity (Wildman–Crippen MR) is 125 cm³/mol. The molecule has 0 spiro atoms. The summed E-state index contributed by atoms with van der Waals surface area (Å²) in [5, 5.41) is 10.8. The summed E-state index contributed by atoms with van der Waals surface area (Å²) in [6, 6.07) is 24.1. The zero-order valence-electron chi connectivity index (χ0n) is 17.2. The molecule has 0 saturated carbocycles. The SMILES string of the molecule is Cc1cccc(C#Cc2ccc(C(=O)O)cc2)c1NS(=O)(=O)c1ccc2ccccc2c1. The molecule has 0 amide bonds. The first-order chi connectivity index (χ1) is 15.3. The molecule has 0 atom stereocenters. The maximum atomic E-state index is 13.1. The Balaban J connectivity index is 1.68. The van der Waals surface area contributed by atoms with Crippen molar-refractivity contribution in [3.05, 3.63) is 107 Å². The van der Waals surface area contributed by atoms with E-state index >= 15 is 0 Å². The minimum Gasteiger partial charge on any atom is -0.478 e. The molecular weight excluding hydrogens is 422 g/mol. The maximum Gasteiger partial charge on any atom is 0.335 e. The number of aryl methyl sites for hydroxylation is 1. The van der Waals surface area contributed by atoms with E-state index in [0.29, 0.717) is 16.8 Å². The number of benzene rings is 4. The van der Waals surface area contributed by atoms with Crippen LogP contribution >= 0.6 is 0 Å². The van der Waals surface area contributed by atoms with E-state index in [-0.39, 0.29) is 10.5 Å². The van der Waals surface area contributed by atoms with Gasteiger partial charge in [0.1, 0.15) is 0 Å². The van der Waals surface area contributed by atoms with Crippen LogP contribution in [0.1, 0.15) is 27.0 Å². The lowest BCUT2D eigenvalue weighted by atomic mass is 10.1. The predicted octanol–water partition coefficient (Wildman–Crippen LogP) is 5.05. The fraction of sp³-hybridized carbons (Fsp3) is 0.0385. The van der Waals surface area contributed by atoms with E-state index in [4.69, 9.17) is 5.11 Å². The van der Waals surface area contributed by atoms with Gasteiger partial charge in [-0.05, 0) is 65.7 Å². The highest BCUT2D eigenvalue weighted by Crippen LogP contribution is 2.25. The number of hydrogen-bond acceptors (Lipinski definition) is 3. The molecule has 5 nitrogen and oxygen atoms in total. The van der Waals surface area contributed by atoms with Crippen molar-refractivity contribution >= 4 is 32.5 Å². The molecule has 0 aliphatic rings. The third-order valence-corrected chi connectivity index (χ3v) is 6.36. The number of nitrogens with one attached hydrogen (secondary N) is 1. The van der Waals surface area contributed by atoms with Crippen LogP contribution in [-0.2, 0) is 10.0 Å². The van der Waals surface area contributed by atoms with E-state index in [1.807, 2.05) is 37.3 Å². The van der Waals surface area contributed by atoms with Crippen molar-refractivity contribution in [1.82, 2.24) is 0 Å². The van der Waals surface area contributed by atoms with Crippen molar-refractivity contribution in [1.29, 1.82) is 0 Å². The molecule has 6 heteroatoms. The molecule has 4 rings (SSSR count). The highest BCUT2D eigenvalue weighted by atomic mass is 32.2. The van der Waals surface area contributed by atoms with Gasteiger partial charge in [-0.1, -0.05) is 54.3 Å². The molecule has 0 aromatic heterocycles. The maximum absolute atomic E-state index is 13.1. The summed E-state index contributed by atoms with van der Waals surface area (Å²) >= 11 is 0. The monoisotopic (exact) mass is 441 g/mol. The van der Waals surface area contributed by atoms with Crippen molar-refractivity contribution < 1.29 is 18.3 Å². The van der Waals surface area contributed by atoms with E-state index in [1.165, 1.54) is 12.1 Å². The molecule has 0 aliphatic heterocycles. The van der Waals surface area contributed by atoms with E-state index in [9.17, 15) is 13.2 Å². The Morgan fingerprint density at radius 2 is 1.56 bits per heavy atom. The molecule has 4 aromatic rings. The largest absolute Gasteiger partial charge is 0.478 e. The quantitative estimate of drug-likeness (QED) is 0.434. The van der Waals surface area contributed by atoms with Gasteiger partial charge in [-0.3, -0.25) is 4.72 Å². The van der Waals surface area contributed by atoms with Gasteiger partial charge in [0.25, 0.3) is 10.0 Å². The zero-order chi connectivity index (χ0) is 22.7. The number of aromatic carboxylic acids is 1. The van der Waals surface area contributed by atoms with Crippen molar-refractivity contribution in [2.24, 2.45) is 0 Å². The molecule has 32 heavy (non-hydrogen) atoms. The summed E-state index contributed by atoms with van der Waals surface area (Å²) in [5.74, 6) is 4.96. The zero-order valence-corrected chi connectivity index (χ0v) is 18.0. The Hall–Kier alpha value is -4.08. The van der Waals surface area contributed by atoms with Crippen LogP contribution in [0, 0.1) is 18.8 Å². The Morgan fingerprint density at radius 1 is 0.844 bits per heavy atom. The Labute approximate surface area is 186 Å². The lowest BCUT2D eigenvalue weighted by molar-refractivity contribution is 0.0697. The number of anilines is 1. The van der Waals surface area contributed by atoms with Gasteiger partial charge in [-0.25, -0.2) is 13.2 Å². The number of carboxylic acid groups (broad SMARTS) is 1. The molecule has 0 unspecified atom stereocenters. The first-order valence-electron chi connectivity index (χ1n) is 9.80. The van der Waals surface area contributed by atoms with Gasteiger partial charge in [0.05, 0.1) is 16.1 Å². The average molecular weight is 442 g/mol. The van der Waals surface area contributed by atoms with Gasteiger partial charge in [0, 0.05) is 11.1 Å². The number of hydrogen-bond donors (Lipinski definition) is 2. The van der Waals surface area contributed by atoms with Crippen LogP contribution in [-0.4, -0.2) is 19.5 Å². The highest BCUT2D eigenvalue weighted by molar-refractivity contribution is 7.92. The number of carboxylic acids is 1. The number of para-hydroxylation sites is 1. The number of carbonyl (C=O) groups is 1. The number of fused-ring (bicyclic) bond motifs is 1. The molecule has 0 aliphatic carbocycles. The highest BCUT2D eigenvalue weighted by Gasteiger charge is 2.17. The van der Waals surface area contributed by atoms with Crippen molar-refractivity contribution in [3.63, 3.8) is 0 Å². The van der Waals surface area contributed by atoms with Crippen LogP contribution in [0.2, 0.25) is 0 Å². The lowest BCUT2D eigenvalue weighted by Gasteiger charge is -2.13. The van der Waals surface area contributed by atoms with Crippen molar-refractivity contribution in [3.8, 4) is 11.8 Å². The second kappa shape index (κ2) is 8.58. The fourth-order valence-corrected chi connectivity index (χ4v) is 4.46. The molecule has 2 N–H and O–H groups in total. The Morgan fingerprint density at radius 3 is 2.28 bits per heavy atom. The standard InChI is InChI=1S/C26H19NO4S/c1-18-5-4-8-21(12-9-19-10-13-22(14-11-19)26(28)29)25(18)27-32(30,31)24-16-15-20-6-2-3-7-23(20)17-24/h2-8,10-11,13-17,27H,1H3,(H,28,29). The summed E-state index contributed by atoms with van der Waals surface area (Å²) in [7, 11) is -3.83. The molecule has 158 valence electrons. The Kier molecular flexibility index (Phi) is 5.67. The second-order valence-electron chi connectivity index (χ2n) is 7.24. The lowest BCUT2D eigenvalue weighted by Crippen LogP contribution is -2.14. The van der Waals surface area contributed by atoms with Gasteiger partial charge in [-0.15, -0.1) is 0 Å². The summed E-state index contributed by atoms with van der Waals surface area (Å²) < 4.78 is 28.9. The van der Waals surface area contributed by atoms with Crippen LogP contribution in [0.4, 0.5) is 5.69 Å².